The van der Waals surface area contributed by atoms with E-state index in [-0.39, 0.29) is 6.04 Å². The van der Waals surface area contributed by atoms with Gasteiger partial charge < -0.3 is 10.2 Å². The lowest BCUT2D eigenvalue weighted by molar-refractivity contribution is -0.134. The van der Waals surface area contributed by atoms with Gasteiger partial charge in [-0.25, -0.2) is 0 Å². The highest BCUT2D eigenvalue weighted by atomic mass is 16.2. The van der Waals surface area contributed by atoms with Gasteiger partial charge in [-0.3, -0.25) is 4.79 Å². The van der Waals surface area contributed by atoms with Crippen LogP contribution in [0.2, 0.25) is 0 Å². The lowest BCUT2D eigenvalue weighted by Crippen LogP contribution is -2.50. The van der Waals surface area contributed by atoms with Crippen LogP contribution in [0, 0.1) is 11.8 Å². The molecule has 3 nitrogen and oxygen atoms in total. The minimum absolute atomic E-state index is 0.0128. The summed E-state index contributed by atoms with van der Waals surface area (Å²) in [6.07, 6.45) is 7.46. The second kappa shape index (κ2) is 6.74. The third kappa shape index (κ3) is 3.50. The Kier molecular flexibility index (Phi) is 5.26. The Bertz CT molecular complexity index is 299. The van der Waals surface area contributed by atoms with E-state index in [1.54, 1.807) is 0 Å². The zero-order valence-electron chi connectivity index (χ0n) is 12.8. The van der Waals surface area contributed by atoms with Crippen molar-refractivity contribution < 1.29 is 4.79 Å². The number of piperidine rings is 1. The van der Waals surface area contributed by atoms with Gasteiger partial charge in [0.15, 0.2) is 0 Å². The molecule has 1 aliphatic heterocycles. The van der Waals surface area contributed by atoms with Crippen LogP contribution in [0.15, 0.2) is 0 Å². The van der Waals surface area contributed by atoms with Gasteiger partial charge in [-0.05, 0) is 50.9 Å². The van der Waals surface area contributed by atoms with Crippen LogP contribution in [0.5, 0.6) is 0 Å². The number of nitrogens with zero attached hydrogens (tertiary/aromatic N) is 1. The molecule has 1 saturated carbocycles. The Morgan fingerprint density at radius 1 is 1.26 bits per heavy atom. The quantitative estimate of drug-likeness (QED) is 0.848. The summed E-state index contributed by atoms with van der Waals surface area (Å²) in [4.78, 5) is 14.5. The van der Waals surface area contributed by atoms with E-state index in [2.05, 4.69) is 24.1 Å². The van der Waals surface area contributed by atoms with Gasteiger partial charge in [0.2, 0.25) is 5.91 Å². The van der Waals surface area contributed by atoms with Crippen molar-refractivity contribution in [3.63, 3.8) is 0 Å². The zero-order chi connectivity index (χ0) is 13.8. The molecule has 4 atom stereocenters. The van der Waals surface area contributed by atoms with Gasteiger partial charge in [-0.15, -0.1) is 0 Å². The predicted molar refractivity (Wildman–Crippen MR) is 79.0 cm³/mol. The molecule has 2 aliphatic rings. The number of hydrogen-bond donors (Lipinski definition) is 1. The van der Waals surface area contributed by atoms with Gasteiger partial charge in [0.05, 0.1) is 6.04 Å². The van der Waals surface area contributed by atoms with Crippen molar-refractivity contribution in [3.05, 3.63) is 0 Å². The van der Waals surface area contributed by atoms with Gasteiger partial charge >= 0.3 is 0 Å². The monoisotopic (exact) mass is 266 g/mol. The highest BCUT2D eigenvalue weighted by Gasteiger charge is 2.33. The van der Waals surface area contributed by atoms with Crippen molar-refractivity contribution in [1.29, 1.82) is 0 Å². The first kappa shape index (κ1) is 14.8. The number of amides is 1. The smallest absolute Gasteiger partial charge is 0.239 e. The molecule has 0 spiro atoms. The molecular formula is C16H30N2O. The Balaban J connectivity index is 1.83. The minimum Gasteiger partial charge on any atom is -0.341 e. The van der Waals surface area contributed by atoms with Crippen LogP contribution in [-0.2, 0) is 4.79 Å². The molecule has 0 bridgehead atoms. The van der Waals surface area contributed by atoms with Crippen molar-refractivity contribution in [3.8, 4) is 0 Å². The Morgan fingerprint density at radius 3 is 2.53 bits per heavy atom. The van der Waals surface area contributed by atoms with Crippen LogP contribution >= 0.6 is 0 Å². The second-order valence-electron chi connectivity index (χ2n) is 6.49. The molecule has 2 rings (SSSR count). The van der Waals surface area contributed by atoms with Crippen molar-refractivity contribution in [2.75, 3.05) is 13.1 Å². The molecule has 3 heteroatoms. The summed E-state index contributed by atoms with van der Waals surface area (Å²) in [5, 5.41) is 3.60. The maximum atomic E-state index is 12.4. The lowest BCUT2D eigenvalue weighted by atomic mass is 9.93. The van der Waals surface area contributed by atoms with Crippen molar-refractivity contribution in [1.82, 2.24) is 10.2 Å². The van der Waals surface area contributed by atoms with Crippen molar-refractivity contribution >= 4 is 5.91 Å². The van der Waals surface area contributed by atoms with Crippen LogP contribution in [0.3, 0.4) is 0 Å². The summed E-state index contributed by atoms with van der Waals surface area (Å²) in [6, 6.07) is 0.523. The fourth-order valence-corrected chi connectivity index (χ4v) is 3.84. The van der Waals surface area contributed by atoms with E-state index in [0.29, 0.717) is 17.9 Å². The Morgan fingerprint density at radius 2 is 1.95 bits per heavy atom. The van der Waals surface area contributed by atoms with Crippen LogP contribution in [0.25, 0.3) is 0 Å². The van der Waals surface area contributed by atoms with Crippen LogP contribution in [0.4, 0.5) is 0 Å². The average molecular weight is 266 g/mol. The first-order chi connectivity index (χ1) is 9.13. The minimum atomic E-state index is -0.0128. The summed E-state index contributed by atoms with van der Waals surface area (Å²) >= 11 is 0. The number of nitrogens with one attached hydrogen (secondary N) is 1. The molecule has 1 aliphatic carbocycles. The van der Waals surface area contributed by atoms with Gasteiger partial charge in [-0.1, -0.05) is 20.3 Å². The SMILES string of the molecule is CCC1CCC(NC(C)C(=O)N2CCCCC2)C1C. The van der Waals surface area contributed by atoms with E-state index in [0.717, 1.165) is 19.0 Å². The molecular weight excluding hydrogens is 236 g/mol. The van der Waals surface area contributed by atoms with E-state index < -0.39 is 0 Å². The summed E-state index contributed by atoms with van der Waals surface area (Å²) in [5.41, 5.74) is 0. The molecule has 4 unspecified atom stereocenters. The summed E-state index contributed by atoms with van der Waals surface area (Å²) in [6.45, 7) is 8.59. The number of carbonyl (C=O) groups excluding carboxylic acids is 1. The average Bonchev–Trinajstić information content (AvgIpc) is 2.79. The Labute approximate surface area is 118 Å². The van der Waals surface area contributed by atoms with E-state index >= 15 is 0 Å². The molecule has 0 radical (unpaired) electrons. The molecule has 0 aromatic heterocycles. The fraction of sp³-hybridized carbons (Fsp3) is 0.938. The van der Waals surface area contributed by atoms with Crippen LogP contribution in [-0.4, -0.2) is 36.0 Å². The normalized spacial score (nSPS) is 33.4. The number of hydrogen-bond acceptors (Lipinski definition) is 2. The van der Waals surface area contributed by atoms with Gasteiger partial charge in [-0.2, -0.15) is 0 Å². The summed E-state index contributed by atoms with van der Waals surface area (Å²) in [7, 11) is 0. The number of rotatable bonds is 4. The highest BCUT2D eigenvalue weighted by molar-refractivity contribution is 5.81. The first-order valence-corrected chi connectivity index (χ1v) is 8.18. The molecule has 1 N–H and O–H groups in total. The third-order valence-corrected chi connectivity index (χ3v) is 5.25. The Hall–Kier alpha value is -0.570. The maximum Gasteiger partial charge on any atom is 0.239 e. The maximum absolute atomic E-state index is 12.4. The van der Waals surface area contributed by atoms with Gasteiger partial charge in [0.25, 0.3) is 0 Å². The molecule has 0 aromatic carbocycles. The molecule has 110 valence electrons. The summed E-state index contributed by atoms with van der Waals surface area (Å²) in [5.74, 6) is 1.86. The topological polar surface area (TPSA) is 32.3 Å². The lowest BCUT2D eigenvalue weighted by Gasteiger charge is -2.31. The largest absolute Gasteiger partial charge is 0.341 e. The third-order valence-electron chi connectivity index (χ3n) is 5.25. The van der Waals surface area contributed by atoms with Gasteiger partial charge in [0, 0.05) is 19.1 Å². The zero-order valence-corrected chi connectivity index (χ0v) is 12.8. The molecule has 1 amide bonds. The first-order valence-electron chi connectivity index (χ1n) is 8.18. The second-order valence-corrected chi connectivity index (χ2v) is 6.49. The van der Waals surface area contributed by atoms with Crippen LogP contribution in [0.1, 0.15) is 59.3 Å². The predicted octanol–water partition coefficient (Wildman–Crippen LogP) is 2.80. The molecule has 2 fully saturated rings. The van der Waals surface area contributed by atoms with Crippen molar-refractivity contribution in [2.45, 2.75) is 71.4 Å². The number of carbonyl (C=O) groups is 1. The van der Waals surface area contributed by atoms with Gasteiger partial charge in [0.1, 0.15) is 0 Å². The van der Waals surface area contributed by atoms with Crippen LogP contribution < -0.4 is 5.32 Å². The molecule has 19 heavy (non-hydrogen) atoms. The molecule has 1 saturated heterocycles. The molecule has 0 aromatic rings. The van der Waals surface area contributed by atoms with Crippen molar-refractivity contribution in [2.24, 2.45) is 11.8 Å². The van der Waals surface area contributed by atoms with E-state index in [9.17, 15) is 4.79 Å². The van der Waals surface area contributed by atoms with E-state index in [1.165, 1.54) is 38.5 Å². The molecule has 1 heterocycles. The fourth-order valence-electron chi connectivity index (χ4n) is 3.84. The van der Waals surface area contributed by atoms with E-state index in [1.807, 2.05) is 6.92 Å². The van der Waals surface area contributed by atoms with E-state index in [4.69, 9.17) is 0 Å². The standard InChI is InChI=1S/C16H30N2O/c1-4-14-8-9-15(12(14)2)17-13(3)16(19)18-10-6-5-7-11-18/h12-15,17H,4-11H2,1-3H3. The summed E-state index contributed by atoms with van der Waals surface area (Å²) < 4.78 is 0. The number of likely N-dealkylation sites (tertiary alicyclic amines) is 1. The highest BCUT2D eigenvalue weighted by Crippen LogP contribution is 2.34.